The molecule has 28 heavy (non-hydrogen) atoms. The molecular weight excluding hydrogens is 472 g/mol. The first-order chi connectivity index (χ1) is 13.1. The number of aromatic nitrogens is 1. The van der Waals surface area contributed by atoms with Gasteiger partial charge >= 0.3 is 0 Å². The number of rotatable bonds is 6. The van der Waals surface area contributed by atoms with Crippen molar-refractivity contribution < 1.29 is 14.0 Å². The minimum Gasteiger partial charge on any atom is -0.351 e. The molecule has 2 amide bonds. The van der Waals surface area contributed by atoms with Gasteiger partial charge in [-0.05, 0) is 63.4 Å². The molecule has 1 saturated carbocycles. The molecule has 5 nitrogen and oxygen atoms in total. The highest BCUT2D eigenvalue weighted by Gasteiger charge is 2.25. The zero-order valence-electron chi connectivity index (χ0n) is 16.1. The molecule has 0 unspecified atom stereocenters. The van der Waals surface area contributed by atoms with E-state index in [1.165, 1.54) is 12.3 Å². The van der Waals surface area contributed by atoms with E-state index in [9.17, 15) is 14.0 Å². The lowest BCUT2D eigenvalue weighted by molar-refractivity contribution is 0.0943. The third-order valence-corrected chi connectivity index (χ3v) is 4.87. The van der Waals surface area contributed by atoms with Crippen LogP contribution in [0.2, 0.25) is 0 Å². The third kappa shape index (κ3) is 5.27. The minimum atomic E-state index is -0.452. The SMILES string of the molecule is Cc1c(F)cc(C(=O)NC2CC2)cc1-c1ccc(C(=O)NCC(C)(C)I)cn1. The molecule has 1 aromatic heterocycles. The first kappa shape index (κ1) is 20.7. The quantitative estimate of drug-likeness (QED) is 0.470. The van der Waals surface area contributed by atoms with Crippen LogP contribution < -0.4 is 10.6 Å². The van der Waals surface area contributed by atoms with Gasteiger partial charge in [0.05, 0.1) is 11.3 Å². The standard InChI is InChI=1S/C21H23FIN3O2/c1-12-16(8-14(9-17(12)22)20(28)26-15-5-6-15)18-7-4-13(10-24-18)19(27)25-11-21(2,3)23/h4,7-10,15H,5-6,11H2,1-3H3,(H,25,27)(H,26,28). The van der Waals surface area contributed by atoms with Gasteiger partial charge in [-0.3, -0.25) is 14.6 Å². The van der Waals surface area contributed by atoms with Crippen LogP contribution in [0.3, 0.4) is 0 Å². The van der Waals surface area contributed by atoms with E-state index in [0.717, 1.165) is 12.8 Å². The van der Waals surface area contributed by atoms with E-state index in [-0.39, 0.29) is 26.8 Å². The zero-order chi connectivity index (χ0) is 20.5. The largest absolute Gasteiger partial charge is 0.351 e. The number of nitrogens with zero attached hydrogens (tertiary/aromatic N) is 1. The molecule has 0 spiro atoms. The molecule has 0 radical (unpaired) electrons. The van der Waals surface area contributed by atoms with Crippen molar-refractivity contribution in [2.24, 2.45) is 0 Å². The summed E-state index contributed by atoms with van der Waals surface area (Å²) in [5.41, 5.74) is 2.19. The molecule has 2 aromatic rings. The third-order valence-electron chi connectivity index (χ3n) is 4.49. The number of hydrogen-bond donors (Lipinski definition) is 2. The van der Waals surface area contributed by atoms with E-state index < -0.39 is 5.82 Å². The maximum atomic E-state index is 14.4. The van der Waals surface area contributed by atoms with Gasteiger partial charge in [-0.25, -0.2) is 4.39 Å². The summed E-state index contributed by atoms with van der Waals surface area (Å²) in [7, 11) is 0. The first-order valence-corrected chi connectivity index (χ1v) is 10.3. The van der Waals surface area contributed by atoms with Crippen molar-refractivity contribution in [2.45, 2.75) is 43.1 Å². The Hall–Kier alpha value is -2.03. The summed E-state index contributed by atoms with van der Waals surface area (Å²) in [6, 6.07) is 6.44. The second-order valence-electron chi connectivity index (χ2n) is 7.71. The Morgan fingerprint density at radius 3 is 2.50 bits per heavy atom. The van der Waals surface area contributed by atoms with Crippen LogP contribution in [0.4, 0.5) is 4.39 Å². The van der Waals surface area contributed by atoms with Crippen molar-refractivity contribution in [3.63, 3.8) is 0 Å². The highest BCUT2D eigenvalue weighted by molar-refractivity contribution is 14.1. The summed E-state index contributed by atoms with van der Waals surface area (Å²) < 4.78 is 14.3. The number of carbonyl (C=O) groups excluding carboxylic acids is 2. The van der Waals surface area contributed by atoms with Crippen molar-refractivity contribution in [3.05, 3.63) is 53.0 Å². The van der Waals surface area contributed by atoms with Crippen molar-refractivity contribution in [1.29, 1.82) is 0 Å². The molecule has 1 aliphatic rings. The molecule has 0 aliphatic heterocycles. The van der Waals surface area contributed by atoms with Gasteiger partial charge in [-0.15, -0.1) is 0 Å². The Morgan fingerprint density at radius 2 is 1.93 bits per heavy atom. The average molecular weight is 495 g/mol. The Balaban J connectivity index is 1.81. The fraction of sp³-hybridized carbons (Fsp3) is 0.381. The van der Waals surface area contributed by atoms with E-state index in [1.807, 2.05) is 13.8 Å². The van der Waals surface area contributed by atoms with E-state index in [1.54, 1.807) is 25.1 Å². The van der Waals surface area contributed by atoms with Crippen molar-refractivity contribution in [1.82, 2.24) is 15.6 Å². The maximum Gasteiger partial charge on any atom is 0.252 e. The van der Waals surface area contributed by atoms with Crippen molar-refractivity contribution >= 4 is 34.4 Å². The number of hydrogen-bond acceptors (Lipinski definition) is 3. The summed E-state index contributed by atoms with van der Waals surface area (Å²) in [5.74, 6) is -0.935. The van der Waals surface area contributed by atoms with Gasteiger partial charge in [0.15, 0.2) is 0 Å². The molecule has 0 saturated heterocycles. The molecule has 1 fully saturated rings. The number of halogens is 2. The van der Waals surface area contributed by atoms with Gasteiger partial charge in [0.2, 0.25) is 0 Å². The zero-order valence-corrected chi connectivity index (χ0v) is 18.3. The molecule has 148 valence electrons. The molecule has 1 aromatic carbocycles. The summed E-state index contributed by atoms with van der Waals surface area (Å²) in [4.78, 5) is 28.9. The van der Waals surface area contributed by atoms with Crippen LogP contribution in [-0.2, 0) is 0 Å². The number of carbonyl (C=O) groups is 2. The lowest BCUT2D eigenvalue weighted by Crippen LogP contribution is -2.34. The summed E-state index contributed by atoms with van der Waals surface area (Å²) in [5, 5.41) is 5.73. The van der Waals surface area contributed by atoms with Gasteiger partial charge < -0.3 is 10.6 Å². The van der Waals surface area contributed by atoms with Gasteiger partial charge in [0.1, 0.15) is 5.82 Å². The highest BCUT2D eigenvalue weighted by Crippen LogP contribution is 2.27. The van der Waals surface area contributed by atoms with Crippen LogP contribution in [0.5, 0.6) is 0 Å². The van der Waals surface area contributed by atoms with Crippen molar-refractivity contribution in [2.75, 3.05) is 6.54 Å². The summed E-state index contributed by atoms with van der Waals surface area (Å²) in [6.07, 6.45) is 3.40. The lowest BCUT2D eigenvalue weighted by Gasteiger charge is -2.16. The second-order valence-corrected chi connectivity index (χ2v) is 10.6. The maximum absolute atomic E-state index is 14.4. The molecule has 1 heterocycles. The monoisotopic (exact) mass is 495 g/mol. The second kappa shape index (κ2) is 8.14. The Kier molecular flexibility index (Phi) is 6.02. The van der Waals surface area contributed by atoms with Crippen LogP contribution in [-0.4, -0.2) is 32.8 Å². The van der Waals surface area contributed by atoms with E-state index >= 15 is 0 Å². The van der Waals surface area contributed by atoms with Crippen LogP contribution in [0.15, 0.2) is 30.5 Å². The van der Waals surface area contributed by atoms with Crippen LogP contribution in [0.1, 0.15) is 53.0 Å². The normalized spacial score (nSPS) is 13.9. The van der Waals surface area contributed by atoms with Crippen LogP contribution in [0.25, 0.3) is 11.3 Å². The van der Waals surface area contributed by atoms with Gasteiger partial charge in [-0.2, -0.15) is 0 Å². The van der Waals surface area contributed by atoms with Crippen LogP contribution in [0, 0.1) is 12.7 Å². The number of alkyl halides is 1. The Bertz CT molecular complexity index is 903. The summed E-state index contributed by atoms with van der Waals surface area (Å²) in [6.45, 7) is 6.24. The fourth-order valence-electron chi connectivity index (χ4n) is 2.65. The molecule has 3 rings (SSSR count). The van der Waals surface area contributed by atoms with E-state index in [0.29, 0.717) is 28.9 Å². The molecule has 1 aliphatic carbocycles. The lowest BCUT2D eigenvalue weighted by atomic mass is 10.00. The smallest absolute Gasteiger partial charge is 0.252 e. The molecular formula is C21H23FIN3O2. The molecule has 0 bridgehead atoms. The van der Waals surface area contributed by atoms with E-state index in [2.05, 4.69) is 38.2 Å². The average Bonchev–Trinajstić information content (AvgIpc) is 3.45. The minimum absolute atomic E-state index is 0.0447. The highest BCUT2D eigenvalue weighted by atomic mass is 127. The number of pyridine rings is 1. The molecule has 2 N–H and O–H groups in total. The molecule has 0 atom stereocenters. The van der Waals surface area contributed by atoms with Gasteiger partial charge in [0, 0.05) is 33.3 Å². The van der Waals surface area contributed by atoms with Crippen molar-refractivity contribution in [3.8, 4) is 11.3 Å². The fourth-order valence-corrected chi connectivity index (χ4v) is 2.84. The topological polar surface area (TPSA) is 71.1 Å². The van der Waals surface area contributed by atoms with E-state index in [4.69, 9.17) is 0 Å². The Morgan fingerprint density at radius 1 is 1.21 bits per heavy atom. The number of amides is 2. The number of benzene rings is 1. The van der Waals surface area contributed by atoms with Crippen LogP contribution >= 0.6 is 22.6 Å². The predicted molar refractivity (Wildman–Crippen MR) is 115 cm³/mol. The molecule has 7 heteroatoms. The first-order valence-electron chi connectivity index (χ1n) is 9.18. The number of nitrogens with one attached hydrogen (secondary N) is 2. The predicted octanol–water partition coefficient (Wildman–Crippen LogP) is 4.03. The summed E-state index contributed by atoms with van der Waals surface area (Å²) >= 11 is 2.27. The van der Waals surface area contributed by atoms with Gasteiger partial charge in [-0.1, -0.05) is 22.6 Å². The Labute approximate surface area is 177 Å². The van der Waals surface area contributed by atoms with Gasteiger partial charge in [0.25, 0.3) is 11.8 Å².